The molecular weight excluding hydrogens is 380 g/mol. The van der Waals surface area contributed by atoms with Gasteiger partial charge in [-0.1, -0.05) is 17.7 Å². The fourth-order valence-electron chi connectivity index (χ4n) is 3.17. The SMILES string of the molecule is Cc1ccc(NC(=O)c2cc3cc(NC(=O)CCc4ccnn4C)ccc3o2)cc1. The summed E-state index contributed by atoms with van der Waals surface area (Å²) in [6.45, 7) is 1.99. The summed E-state index contributed by atoms with van der Waals surface area (Å²) in [4.78, 5) is 24.7. The van der Waals surface area contributed by atoms with Crippen LogP contribution in [0.25, 0.3) is 11.0 Å². The van der Waals surface area contributed by atoms with Crippen molar-refractivity contribution in [2.24, 2.45) is 7.05 Å². The van der Waals surface area contributed by atoms with Gasteiger partial charge in [-0.25, -0.2) is 0 Å². The zero-order chi connectivity index (χ0) is 21.1. The lowest BCUT2D eigenvalue weighted by Crippen LogP contribution is -2.13. The lowest BCUT2D eigenvalue weighted by Gasteiger charge is -2.05. The number of benzene rings is 2. The van der Waals surface area contributed by atoms with Gasteiger partial charge in [-0.05, 0) is 55.8 Å². The highest BCUT2D eigenvalue weighted by Gasteiger charge is 2.14. The molecule has 0 aliphatic heterocycles. The summed E-state index contributed by atoms with van der Waals surface area (Å²) >= 11 is 0. The Kier molecular flexibility index (Phi) is 5.34. The van der Waals surface area contributed by atoms with Gasteiger partial charge in [0.2, 0.25) is 5.91 Å². The molecule has 0 fully saturated rings. The lowest BCUT2D eigenvalue weighted by molar-refractivity contribution is -0.116. The molecule has 0 atom stereocenters. The molecule has 0 radical (unpaired) electrons. The average Bonchev–Trinajstić information content (AvgIpc) is 3.33. The van der Waals surface area contributed by atoms with Crippen LogP contribution < -0.4 is 10.6 Å². The second-order valence-corrected chi connectivity index (χ2v) is 7.18. The molecule has 0 aliphatic rings. The molecule has 2 amide bonds. The summed E-state index contributed by atoms with van der Waals surface area (Å²) in [6.07, 6.45) is 2.68. The van der Waals surface area contributed by atoms with E-state index in [1.807, 2.05) is 44.3 Å². The minimum atomic E-state index is -0.322. The van der Waals surface area contributed by atoms with E-state index in [1.165, 1.54) is 0 Å². The number of carbonyl (C=O) groups excluding carboxylic acids is 2. The molecule has 30 heavy (non-hydrogen) atoms. The highest BCUT2D eigenvalue weighted by atomic mass is 16.3. The number of carbonyl (C=O) groups is 2. The third-order valence-corrected chi connectivity index (χ3v) is 4.86. The smallest absolute Gasteiger partial charge is 0.291 e. The van der Waals surface area contributed by atoms with Crippen LogP contribution >= 0.6 is 0 Å². The largest absolute Gasteiger partial charge is 0.451 e. The number of hydrogen-bond acceptors (Lipinski definition) is 4. The molecule has 2 aromatic carbocycles. The van der Waals surface area contributed by atoms with Crippen molar-refractivity contribution in [2.45, 2.75) is 19.8 Å². The molecule has 0 saturated heterocycles. The number of nitrogens with one attached hydrogen (secondary N) is 2. The van der Waals surface area contributed by atoms with E-state index in [4.69, 9.17) is 4.42 Å². The molecule has 4 rings (SSSR count). The fraction of sp³-hybridized carbons (Fsp3) is 0.174. The van der Waals surface area contributed by atoms with Gasteiger partial charge >= 0.3 is 0 Å². The Morgan fingerprint density at radius 3 is 2.50 bits per heavy atom. The van der Waals surface area contributed by atoms with Crippen LogP contribution in [0.3, 0.4) is 0 Å². The number of rotatable bonds is 6. The van der Waals surface area contributed by atoms with Crippen LogP contribution in [0, 0.1) is 6.92 Å². The number of anilines is 2. The number of aryl methyl sites for hydroxylation is 3. The van der Waals surface area contributed by atoms with Gasteiger partial charge in [-0.15, -0.1) is 0 Å². The van der Waals surface area contributed by atoms with Gasteiger partial charge in [0, 0.05) is 42.1 Å². The first-order valence-corrected chi connectivity index (χ1v) is 9.66. The number of fused-ring (bicyclic) bond motifs is 1. The van der Waals surface area contributed by atoms with Crippen molar-refractivity contribution >= 4 is 34.2 Å². The standard InChI is InChI=1S/C23H22N4O3/c1-15-3-5-17(6-4-15)26-23(29)21-14-16-13-18(7-9-20(16)30-21)25-22(28)10-8-19-11-12-24-27(19)2/h3-7,9,11-14H,8,10H2,1-2H3,(H,25,28)(H,26,29). The van der Waals surface area contributed by atoms with E-state index in [0.717, 1.165) is 16.6 Å². The van der Waals surface area contributed by atoms with Crippen LogP contribution in [0.1, 0.15) is 28.2 Å². The van der Waals surface area contributed by atoms with E-state index in [-0.39, 0.29) is 17.6 Å². The van der Waals surface area contributed by atoms with Gasteiger partial charge in [0.1, 0.15) is 5.58 Å². The van der Waals surface area contributed by atoms with Crippen LogP contribution in [-0.2, 0) is 18.3 Å². The predicted octanol–water partition coefficient (Wildman–Crippen LogP) is 4.30. The molecule has 4 aromatic rings. The zero-order valence-electron chi connectivity index (χ0n) is 16.8. The molecule has 0 bridgehead atoms. The van der Waals surface area contributed by atoms with Crippen molar-refractivity contribution in [1.82, 2.24) is 9.78 Å². The lowest BCUT2D eigenvalue weighted by atomic mass is 10.2. The van der Waals surface area contributed by atoms with Crippen molar-refractivity contribution in [3.05, 3.63) is 77.8 Å². The summed E-state index contributed by atoms with van der Waals surface area (Å²) in [5.41, 5.74) is 4.06. The second kappa shape index (κ2) is 8.24. The van der Waals surface area contributed by atoms with E-state index < -0.39 is 0 Å². The Labute approximate surface area is 173 Å². The molecule has 7 heteroatoms. The van der Waals surface area contributed by atoms with Crippen LogP contribution in [-0.4, -0.2) is 21.6 Å². The second-order valence-electron chi connectivity index (χ2n) is 7.18. The maximum atomic E-state index is 12.5. The topological polar surface area (TPSA) is 89.2 Å². The minimum absolute atomic E-state index is 0.0867. The van der Waals surface area contributed by atoms with Crippen molar-refractivity contribution in [3.8, 4) is 0 Å². The predicted molar refractivity (Wildman–Crippen MR) is 116 cm³/mol. The summed E-state index contributed by atoms with van der Waals surface area (Å²) in [7, 11) is 1.85. The van der Waals surface area contributed by atoms with Crippen molar-refractivity contribution in [3.63, 3.8) is 0 Å². The molecule has 0 unspecified atom stereocenters. The third-order valence-electron chi connectivity index (χ3n) is 4.86. The minimum Gasteiger partial charge on any atom is -0.451 e. The number of amides is 2. The van der Waals surface area contributed by atoms with Gasteiger partial charge in [0.15, 0.2) is 5.76 Å². The molecule has 2 heterocycles. The van der Waals surface area contributed by atoms with Gasteiger partial charge in [0.25, 0.3) is 5.91 Å². The molecule has 0 aliphatic carbocycles. The molecule has 0 saturated carbocycles. The third kappa shape index (κ3) is 4.41. The van der Waals surface area contributed by atoms with E-state index in [1.54, 1.807) is 35.1 Å². The van der Waals surface area contributed by atoms with Crippen LogP contribution in [0.4, 0.5) is 11.4 Å². The molecule has 152 valence electrons. The van der Waals surface area contributed by atoms with Gasteiger partial charge in [-0.3, -0.25) is 14.3 Å². The summed E-state index contributed by atoms with van der Waals surface area (Å²) < 4.78 is 7.42. The van der Waals surface area contributed by atoms with E-state index in [0.29, 0.717) is 29.8 Å². The van der Waals surface area contributed by atoms with E-state index in [2.05, 4.69) is 15.7 Å². The number of aromatic nitrogens is 2. The zero-order valence-corrected chi connectivity index (χ0v) is 16.8. The Bertz CT molecular complexity index is 1200. The maximum absolute atomic E-state index is 12.5. The molecule has 2 aromatic heterocycles. The normalized spacial score (nSPS) is 10.9. The fourth-order valence-corrected chi connectivity index (χ4v) is 3.17. The number of hydrogen-bond donors (Lipinski definition) is 2. The van der Waals surface area contributed by atoms with Crippen molar-refractivity contribution in [1.29, 1.82) is 0 Å². The summed E-state index contributed by atoms with van der Waals surface area (Å²) in [6, 6.07) is 16.4. The Balaban J connectivity index is 1.41. The van der Waals surface area contributed by atoms with Crippen molar-refractivity contribution in [2.75, 3.05) is 10.6 Å². The Morgan fingerprint density at radius 2 is 1.77 bits per heavy atom. The highest BCUT2D eigenvalue weighted by Crippen LogP contribution is 2.24. The van der Waals surface area contributed by atoms with Crippen LogP contribution in [0.15, 0.2) is 65.2 Å². The van der Waals surface area contributed by atoms with Crippen LogP contribution in [0.2, 0.25) is 0 Å². The first-order valence-electron chi connectivity index (χ1n) is 9.66. The molecular formula is C23H22N4O3. The number of furan rings is 1. The van der Waals surface area contributed by atoms with Crippen molar-refractivity contribution < 1.29 is 14.0 Å². The molecule has 0 spiro atoms. The van der Waals surface area contributed by atoms with Crippen LogP contribution in [0.5, 0.6) is 0 Å². The quantitative estimate of drug-likeness (QED) is 0.503. The maximum Gasteiger partial charge on any atom is 0.291 e. The number of nitrogens with zero attached hydrogens (tertiary/aromatic N) is 2. The summed E-state index contributed by atoms with van der Waals surface area (Å²) in [5, 5.41) is 10.6. The van der Waals surface area contributed by atoms with E-state index >= 15 is 0 Å². The summed E-state index contributed by atoms with van der Waals surface area (Å²) in [5.74, 6) is -0.196. The van der Waals surface area contributed by atoms with Gasteiger partial charge in [0.05, 0.1) is 0 Å². The van der Waals surface area contributed by atoms with E-state index in [9.17, 15) is 9.59 Å². The molecule has 2 N–H and O–H groups in total. The molecule has 7 nitrogen and oxygen atoms in total. The van der Waals surface area contributed by atoms with Gasteiger partial charge in [-0.2, -0.15) is 5.10 Å². The first kappa shape index (κ1) is 19.4. The Morgan fingerprint density at radius 1 is 1.00 bits per heavy atom. The monoisotopic (exact) mass is 402 g/mol. The van der Waals surface area contributed by atoms with Gasteiger partial charge < -0.3 is 15.1 Å². The average molecular weight is 402 g/mol. The first-order chi connectivity index (χ1) is 14.5. The highest BCUT2D eigenvalue weighted by molar-refractivity contribution is 6.05. The Hall–Kier alpha value is -3.87.